The molecule has 27 heavy (non-hydrogen) atoms. The van der Waals surface area contributed by atoms with Gasteiger partial charge in [0.05, 0.1) is 11.6 Å². The average molecular weight is 364 g/mol. The van der Waals surface area contributed by atoms with Gasteiger partial charge in [-0.25, -0.2) is 4.79 Å². The molecule has 0 saturated heterocycles. The third kappa shape index (κ3) is 5.47. The lowest BCUT2D eigenvalue weighted by atomic mass is 10.2. The predicted molar refractivity (Wildman–Crippen MR) is 101 cm³/mol. The van der Waals surface area contributed by atoms with Gasteiger partial charge in [-0.15, -0.1) is 0 Å². The number of carbonyl (C=O) groups is 2. The van der Waals surface area contributed by atoms with Crippen LogP contribution in [0.4, 0.5) is 16.2 Å². The number of carbonyl (C=O) groups excluding carboxylic acids is 2. The van der Waals surface area contributed by atoms with E-state index in [1.807, 2.05) is 6.07 Å². The van der Waals surface area contributed by atoms with E-state index in [4.69, 9.17) is 10.00 Å². The van der Waals surface area contributed by atoms with Crippen molar-refractivity contribution in [1.29, 1.82) is 5.26 Å². The highest BCUT2D eigenvalue weighted by molar-refractivity contribution is 5.95. The molecular weight excluding hydrogens is 344 g/mol. The molecule has 0 aliphatic heterocycles. The normalized spacial score (nSPS) is 13.8. The average Bonchev–Trinajstić information content (AvgIpc) is 3.47. The summed E-state index contributed by atoms with van der Waals surface area (Å²) in [5.74, 6) is 0.212. The number of nitriles is 1. The second-order valence-electron chi connectivity index (χ2n) is 6.34. The fraction of sp³-hybridized carbons (Fsp3) is 0.250. The Labute approximate surface area is 157 Å². The molecule has 2 aromatic rings. The van der Waals surface area contributed by atoms with Crippen molar-refractivity contribution >= 4 is 23.3 Å². The quantitative estimate of drug-likeness (QED) is 0.732. The van der Waals surface area contributed by atoms with Crippen LogP contribution in [-0.2, 0) is 4.79 Å². The second-order valence-corrected chi connectivity index (χ2v) is 6.34. The van der Waals surface area contributed by atoms with Gasteiger partial charge in [-0.3, -0.25) is 4.79 Å². The standard InChI is InChI=1S/C20H20N4O3/c1-13(27-18-10-2-14(12-21)3-11-18)19(25)22-15-4-6-16(7-5-15)23-20(26)24-17-8-9-17/h2-7,10-11,13,17H,8-9H2,1H3,(H,22,25)(H2,23,24,26). The fourth-order valence-electron chi connectivity index (χ4n) is 2.33. The van der Waals surface area contributed by atoms with E-state index in [2.05, 4.69) is 16.0 Å². The third-order valence-corrected chi connectivity index (χ3v) is 3.99. The minimum absolute atomic E-state index is 0.223. The molecule has 0 heterocycles. The van der Waals surface area contributed by atoms with Crippen LogP contribution >= 0.6 is 0 Å². The molecule has 1 unspecified atom stereocenters. The van der Waals surface area contributed by atoms with Crippen LogP contribution in [-0.4, -0.2) is 24.1 Å². The van der Waals surface area contributed by atoms with Gasteiger partial charge < -0.3 is 20.7 Å². The second kappa shape index (κ2) is 8.23. The molecule has 0 radical (unpaired) electrons. The number of urea groups is 1. The lowest BCUT2D eigenvalue weighted by molar-refractivity contribution is -0.122. The first-order valence-electron chi connectivity index (χ1n) is 8.69. The number of benzene rings is 2. The Morgan fingerprint density at radius 3 is 2.19 bits per heavy atom. The first kappa shape index (κ1) is 18.3. The number of ether oxygens (including phenoxy) is 1. The van der Waals surface area contributed by atoms with E-state index in [9.17, 15) is 9.59 Å². The van der Waals surface area contributed by atoms with E-state index in [1.54, 1.807) is 55.5 Å². The van der Waals surface area contributed by atoms with Crippen molar-refractivity contribution in [2.24, 2.45) is 0 Å². The van der Waals surface area contributed by atoms with Crippen molar-refractivity contribution in [3.8, 4) is 11.8 Å². The van der Waals surface area contributed by atoms with Crippen LogP contribution < -0.4 is 20.7 Å². The molecule has 0 bridgehead atoms. The molecular formula is C20H20N4O3. The minimum Gasteiger partial charge on any atom is -0.481 e. The van der Waals surface area contributed by atoms with E-state index in [1.165, 1.54) is 0 Å². The Morgan fingerprint density at radius 1 is 1.04 bits per heavy atom. The van der Waals surface area contributed by atoms with Gasteiger partial charge >= 0.3 is 6.03 Å². The molecule has 1 aliphatic rings. The topological polar surface area (TPSA) is 103 Å². The molecule has 0 spiro atoms. The summed E-state index contributed by atoms with van der Waals surface area (Å²) in [7, 11) is 0. The van der Waals surface area contributed by atoms with E-state index in [-0.39, 0.29) is 11.9 Å². The van der Waals surface area contributed by atoms with Crippen molar-refractivity contribution in [2.75, 3.05) is 10.6 Å². The zero-order chi connectivity index (χ0) is 19.2. The SMILES string of the molecule is CC(Oc1ccc(C#N)cc1)C(=O)Nc1ccc(NC(=O)NC2CC2)cc1. The number of amides is 3. The monoisotopic (exact) mass is 364 g/mol. The molecule has 3 N–H and O–H groups in total. The van der Waals surface area contributed by atoms with Crippen molar-refractivity contribution < 1.29 is 14.3 Å². The van der Waals surface area contributed by atoms with Gasteiger partial charge in [0.25, 0.3) is 5.91 Å². The van der Waals surface area contributed by atoms with Crippen LogP contribution in [0.25, 0.3) is 0 Å². The van der Waals surface area contributed by atoms with Crippen LogP contribution in [0.3, 0.4) is 0 Å². The molecule has 2 aromatic carbocycles. The summed E-state index contributed by atoms with van der Waals surface area (Å²) >= 11 is 0. The first-order chi connectivity index (χ1) is 13.0. The molecule has 1 saturated carbocycles. The molecule has 138 valence electrons. The Bertz CT molecular complexity index is 852. The summed E-state index contributed by atoms with van der Waals surface area (Å²) in [4.78, 5) is 24.0. The predicted octanol–water partition coefficient (Wildman–Crippen LogP) is 3.25. The summed E-state index contributed by atoms with van der Waals surface area (Å²) < 4.78 is 5.58. The molecule has 0 aromatic heterocycles. The molecule has 3 amide bonds. The van der Waals surface area contributed by atoms with Gasteiger partial charge in [0.15, 0.2) is 6.10 Å². The summed E-state index contributed by atoms with van der Waals surface area (Å²) in [5.41, 5.74) is 1.77. The third-order valence-electron chi connectivity index (χ3n) is 3.99. The zero-order valence-corrected chi connectivity index (χ0v) is 14.9. The maximum absolute atomic E-state index is 12.3. The number of rotatable bonds is 6. The Morgan fingerprint density at radius 2 is 1.63 bits per heavy atom. The number of nitrogens with zero attached hydrogens (tertiary/aromatic N) is 1. The number of hydrogen-bond acceptors (Lipinski definition) is 4. The Balaban J connectivity index is 1.50. The van der Waals surface area contributed by atoms with Gasteiger partial charge in [-0.2, -0.15) is 5.26 Å². The zero-order valence-electron chi connectivity index (χ0n) is 14.9. The van der Waals surface area contributed by atoms with Crippen LogP contribution in [0, 0.1) is 11.3 Å². The summed E-state index contributed by atoms with van der Waals surface area (Å²) in [6, 6.07) is 15.5. The molecule has 7 nitrogen and oxygen atoms in total. The molecule has 1 fully saturated rings. The van der Waals surface area contributed by atoms with Gasteiger partial charge in [0.1, 0.15) is 5.75 Å². The van der Waals surface area contributed by atoms with Crippen LogP contribution in [0.5, 0.6) is 5.75 Å². The molecule has 3 rings (SSSR count). The van der Waals surface area contributed by atoms with E-state index in [0.717, 1.165) is 12.8 Å². The Kier molecular flexibility index (Phi) is 5.57. The van der Waals surface area contributed by atoms with E-state index in [0.29, 0.717) is 28.7 Å². The van der Waals surface area contributed by atoms with Gasteiger partial charge in [-0.1, -0.05) is 0 Å². The van der Waals surface area contributed by atoms with Crippen LogP contribution in [0.15, 0.2) is 48.5 Å². The van der Waals surface area contributed by atoms with Crippen molar-refractivity contribution in [2.45, 2.75) is 31.9 Å². The van der Waals surface area contributed by atoms with Crippen LogP contribution in [0.1, 0.15) is 25.3 Å². The van der Waals surface area contributed by atoms with Crippen molar-refractivity contribution in [1.82, 2.24) is 5.32 Å². The van der Waals surface area contributed by atoms with E-state index >= 15 is 0 Å². The molecule has 1 atom stereocenters. The number of anilines is 2. The lowest BCUT2D eigenvalue weighted by Gasteiger charge is -2.15. The highest BCUT2D eigenvalue weighted by Gasteiger charge is 2.23. The molecule has 1 aliphatic carbocycles. The van der Waals surface area contributed by atoms with E-state index < -0.39 is 6.10 Å². The van der Waals surface area contributed by atoms with Gasteiger partial charge in [0, 0.05) is 17.4 Å². The van der Waals surface area contributed by atoms with Crippen molar-refractivity contribution in [3.63, 3.8) is 0 Å². The van der Waals surface area contributed by atoms with Gasteiger partial charge in [0.2, 0.25) is 0 Å². The first-order valence-corrected chi connectivity index (χ1v) is 8.69. The Hall–Kier alpha value is -3.53. The number of nitrogens with one attached hydrogen (secondary N) is 3. The van der Waals surface area contributed by atoms with Gasteiger partial charge in [-0.05, 0) is 68.3 Å². The maximum Gasteiger partial charge on any atom is 0.319 e. The fourth-order valence-corrected chi connectivity index (χ4v) is 2.33. The minimum atomic E-state index is -0.708. The maximum atomic E-state index is 12.3. The van der Waals surface area contributed by atoms with Crippen LogP contribution in [0.2, 0.25) is 0 Å². The summed E-state index contributed by atoms with van der Waals surface area (Å²) in [6.45, 7) is 1.64. The molecule has 7 heteroatoms. The van der Waals surface area contributed by atoms with Crippen molar-refractivity contribution in [3.05, 3.63) is 54.1 Å². The summed E-state index contributed by atoms with van der Waals surface area (Å²) in [5, 5.41) is 17.1. The number of hydrogen-bond donors (Lipinski definition) is 3. The summed E-state index contributed by atoms with van der Waals surface area (Å²) in [6.07, 6.45) is 1.35. The highest BCUT2D eigenvalue weighted by Crippen LogP contribution is 2.19. The largest absolute Gasteiger partial charge is 0.481 e. The lowest BCUT2D eigenvalue weighted by Crippen LogP contribution is -2.30. The smallest absolute Gasteiger partial charge is 0.319 e. The highest BCUT2D eigenvalue weighted by atomic mass is 16.5.